The van der Waals surface area contributed by atoms with Crippen molar-refractivity contribution in [2.24, 2.45) is 5.73 Å². The molecule has 1 rings (SSSR count). The Hall–Kier alpha value is -1.22. The van der Waals surface area contributed by atoms with Crippen LogP contribution in [0.4, 0.5) is 5.69 Å². The Morgan fingerprint density at radius 3 is 2.75 bits per heavy atom. The van der Waals surface area contributed by atoms with E-state index in [0.717, 1.165) is 30.9 Å². The van der Waals surface area contributed by atoms with Crippen molar-refractivity contribution in [1.82, 2.24) is 0 Å². The van der Waals surface area contributed by atoms with Crippen LogP contribution in [0, 0.1) is 0 Å². The summed E-state index contributed by atoms with van der Waals surface area (Å²) in [4.78, 5) is 0. The van der Waals surface area contributed by atoms with Gasteiger partial charge < -0.3 is 15.8 Å². The van der Waals surface area contributed by atoms with Crippen LogP contribution in [0.1, 0.15) is 25.7 Å². The first-order valence-electron chi connectivity index (χ1n) is 5.95. The van der Waals surface area contributed by atoms with Crippen molar-refractivity contribution in [3.8, 4) is 5.75 Å². The van der Waals surface area contributed by atoms with Crippen molar-refractivity contribution in [3.63, 3.8) is 0 Å². The standard InChI is InChI=1S/C13H22N2O/c1-16-13-8-6-7-12(11-13)15-10-5-3-2-4-9-14/h6-8,11,15H,2-5,9-10,14H2,1H3. The van der Waals surface area contributed by atoms with Gasteiger partial charge in [0.25, 0.3) is 0 Å². The molecule has 1 aromatic rings. The molecular weight excluding hydrogens is 200 g/mol. The molecule has 3 N–H and O–H groups in total. The van der Waals surface area contributed by atoms with E-state index in [1.54, 1.807) is 7.11 Å². The Kier molecular flexibility index (Phi) is 6.42. The summed E-state index contributed by atoms with van der Waals surface area (Å²) in [7, 11) is 1.69. The fraction of sp³-hybridized carbons (Fsp3) is 0.538. The number of rotatable bonds is 8. The van der Waals surface area contributed by atoms with Gasteiger partial charge in [-0.25, -0.2) is 0 Å². The molecular formula is C13H22N2O. The van der Waals surface area contributed by atoms with E-state index >= 15 is 0 Å². The number of hydrogen-bond acceptors (Lipinski definition) is 3. The molecule has 3 nitrogen and oxygen atoms in total. The number of methoxy groups -OCH3 is 1. The third-order valence-electron chi connectivity index (χ3n) is 2.53. The molecule has 0 radical (unpaired) electrons. The number of anilines is 1. The highest BCUT2D eigenvalue weighted by Gasteiger charge is 1.94. The second-order valence-corrected chi connectivity index (χ2v) is 3.86. The molecule has 3 heteroatoms. The molecule has 1 aromatic carbocycles. The average Bonchev–Trinajstić information content (AvgIpc) is 2.34. The third kappa shape index (κ3) is 5.03. The van der Waals surface area contributed by atoms with Gasteiger partial charge in [0.1, 0.15) is 5.75 Å². The van der Waals surface area contributed by atoms with Gasteiger partial charge in [-0.2, -0.15) is 0 Å². The molecule has 0 aliphatic heterocycles. The molecule has 0 aromatic heterocycles. The molecule has 0 unspecified atom stereocenters. The lowest BCUT2D eigenvalue weighted by Gasteiger charge is -2.07. The van der Waals surface area contributed by atoms with Crippen molar-refractivity contribution in [3.05, 3.63) is 24.3 Å². The van der Waals surface area contributed by atoms with Crippen LogP contribution in [0.15, 0.2) is 24.3 Å². The molecule has 16 heavy (non-hydrogen) atoms. The van der Waals surface area contributed by atoms with Crippen LogP contribution in [0.25, 0.3) is 0 Å². The highest BCUT2D eigenvalue weighted by Crippen LogP contribution is 2.16. The first-order chi connectivity index (χ1) is 7.86. The molecule has 0 spiro atoms. The second kappa shape index (κ2) is 7.99. The van der Waals surface area contributed by atoms with E-state index in [0.29, 0.717) is 0 Å². The lowest BCUT2D eigenvalue weighted by molar-refractivity contribution is 0.415. The van der Waals surface area contributed by atoms with Crippen molar-refractivity contribution >= 4 is 5.69 Å². The Bertz CT molecular complexity index is 289. The van der Waals surface area contributed by atoms with Crippen molar-refractivity contribution < 1.29 is 4.74 Å². The van der Waals surface area contributed by atoms with Gasteiger partial charge in [-0.15, -0.1) is 0 Å². The van der Waals surface area contributed by atoms with E-state index in [2.05, 4.69) is 11.4 Å². The Morgan fingerprint density at radius 1 is 1.19 bits per heavy atom. The number of ether oxygens (including phenoxy) is 1. The molecule has 0 amide bonds. The molecule has 0 aliphatic carbocycles. The zero-order valence-electron chi connectivity index (χ0n) is 10.0. The number of nitrogens with two attached hydrogens (primary N) is 1. The van der Waals surface area contributed by atoms with E-state index in [-0.39, 0.29) is 0 Å². The van der Waals surface area contributed by atoms with Crippen LogP contribution >= 0.6 is 0 Å². The van der Waals surface area contributed by atoms with Gasteiger partial charge in [-0.05, 0) is 31.5 Å². The smallest absolute Gasteiger partial charge is 0.120 e. The summed E-state index contributed by atoms with van der Waals surface area (Å²) in [5.74, 6) is 0.896. The zero-order chi connectivity index (χ0) is 11.6. The predicted molar refractivity (Wildman–Crippen MR) is 69.0 cm³/mol. The maximum absolute atomic E-state index is 5.44. The molecule has 0 saturated carbocycles. The van der Waals surface area contributed by atoms with E-state index in [4.69, 9.17) is 10.5 Å². The van der Waals surface area contributed by atoms with Gasteiger partial charge >= 0.3 is 0 Å². The Labute approximate surface area is 98.0 Å². The SMILES string of the molecule is COc1cccc(NCCCCCCN)c1. The lowest BCUT2D eigenvalue weighted by Crippen LogP contribution is -2.02. The topological polar surface area (TPSA) is 47.3 Å². The number of benzene rings is 1. The van der Waals surface area contributed by atoms with Gasteiger partial charge in [-0.1, -0.05) is 18.9 Å². The maximum Gasteiger partial charge on any atom is 0.120 e. The van der Waals surface area contributed by atoms with Crippen LogP contribution in [-0.2, 0) is 0 Å². The minimum atomic E-state index is 0.809. The van der Waals surface area contributed by atoms with Gasteiger partial charge in [0.05, 0.1) is 7.11 Å². The first-order valence-corrected chi connectivity index (χ1v) is 5.95. The summed E-state index contributed by atoms with van der Waals surface area (Å²) in [6.07, 6.45) is 4.81. The van der Waals surface area contributed by atoms with E-state index in [1.165, 1.54) is 19.3 Å². The average molecular weight is 222 g/mol. The largest absolute Gasteiger partial charge is 0.497 e. The molecule has 0 bridgehead atoms. The Balaban J connectivity index is 2.16. The maximum atomic E-state index is 5.44. The molecule has 0 heterocycles. The quantitative estimate of drug-likeness (QED) is 0.665. The summed E-state index contributed by atoms with van der Waals surface area (Å²) in [6.45, 7) is 1.82. The van der Waals surface area contributed by atoms with Crippen LogP contribution < -0.4 is 15.8 Å². The lowest BCUT2D eigenvalue weighted by atomic mass is 10.2. The third-order valence-corrected chi connectivity index (χ3v) is 2.53. The fourth-order valence-corrected chi connectivity index (χ4v) is 1.59. The normalized spacial score (nSPS) is 10.1. The van der Waals surface area contributed by atoms with Crippen molar-refractivity contribution in [1.29, 1.82) is 0 Å². The van der Waals surface area contributed by atoms with Gasteiger partial charge in [0, 0.05) is 18.3 Å². The van der Waals surface area contributed by atoms with E-state index < -0.39 is 0 Å². The second-order valence-electron chi connectivity index (χ2n) is 3.86. The Morgan fingerprint density at radius 2 is 2.00 bits per heavy atom. The van der Waals surface area contributed by atoms with Gasteiger partial charge in [-0.3, -0.25) is 0 Å². The summed E-state index contributed by atoms with van der Waals surface area (Å²) >= 11 is 0. The summed E-state index contributed by atoms with van der Waals surface area (Å²) in [5.41, 5.74) is 6.56. The minimum absolute atomic E-state index is 0.809. The van der Waals surface area contributed by atoms with Crippen LogP contribution in [0.5, 0.6) is 5.75 Å². The van der Waals surface area contributed by atoms with Gasteiger partial charge in [0.15, 0.2) is 0 Å². The summed E-state index contributed by atoms with van der Waals surface area (Å²) in [6, 6.07) is 8.02. The van der Waals surface area contributed by atoms with Gasteiger partial charge in [0.2, 0.25) is 0 Å². The molecule has 0 fully saturated rings. The number of nitrogens with one attached hydrogen (secondary N) is 1. The van der Waals surface area contributed by atoms with E-state index in [1.807, 2.05) is 18.2 Å². The highest BCUT2D eigenvalue weighted by atomic mass is 16.5. The van der Waals surface area contributed by atoms with Crippen LogP contribution in [0.3, 0.4) is 0 Å². The molecule has 0 saturated heterocycles. The summed E-state index contributed by atoms with van der Waals surface area (Å²) in [5, 5.41) is 3.39. The monoisotopic (exact) mass is 222 g/mol. The zero-order valence-corrected chi connectivity index (χ0v) is 10.0. The predicted octanol–water partition coefficient (Wildman–Crippen LogP) is 2.63. The number of unbranched alkanes of at least 4 members (excludes halogenated alkanes) is 3. The van der Waals surface area contributed by atoms with E-state index in [9.17, 15) is 0 Å². The van der Waals surface area contributed by atoms with Crippen LogP contribution in [-0.4, -0.2) is 20.2 Å². The highest BCUT2D eigenvalue weighted by molar-refractivity contribution is 5.47. The summed E-state index contributed by atoms with van der Waals surface area (Å²) < 4.78 is 5.16. The molecule has 0 atom stereocenters. The molecule has 90 valence electrons. The van der Waals surface area contributed by atoms with Crippen LogP contribution in [0.2, 0.25) is 0 Å². The minimum Gasteiger partial charge on any atom is -0.497 e. The van der Waals surface area contributed by atoms with Crippen molar-refractivity contribution in [2.75, 3.05) is 25.5 Å². The first kappa shape index (κ1) is 12.8. The van der Waals surface area contributed by atoms with Crippen molar-refractivity contribution in [2.45, 2.75) is 25.7 Å². The number of hydrogen-bond donors (Lipinski definition) is 2. The fourth-order valence-electron chi connectivity index (χ4n) is 1.59. The molecule has 0 aliphatic rings.